The number of hydrogen-bond donors (Lipinski definition) is 0. The molecule has 0 bridgehead atoms. The van der Waals surface area contributed by atoms with Gasteiger partial charge in [-0.3, -0.25) is 0 Å². The topological polar surface area (TPSA) is 52.1 Å². The summed E-state index contributed by atoms with van der Waals surface area (Å²) in [7, 11) is 0. The maximum absolute atomic E-state index is 5.51. The first-order valence-electron chi connectivity index (χ1n) is 3.98. The van der Waals surface area contributed by atoms with Crippen LogP contribution in [0.15, 0.2) is 27.3 Å². The van der Waals surface area contributed by atoms with Gasteiger partial charge in [0.1, 0.15) is 5.76 Å². The van der Waals surface area contributed by atoms with E-state index in [1.165, 1.54) is 0 Å². The van der Waals surface area contributed by atoms with Gasteiger partial charge in [-0.15, -0.1) is 11.6 Å². The Kier molecular flexibility index (Phi) is 2.65. The molecule has 0 unspecified atom stereocenters. The minimum absolute atomic E-state index is 0.248. The summed E-state index contributed by atoms with van der Waals surface area (Å²) in [6.07, 6.45) is 5.01. The third kappa shape index (κ3) is 2.03. The normalized spacial score (nSPS) is 11.2. The van der Waals surface area contributed by atoms with Gasteiger partial charge in [0, 0.05) is 6.08 Å². The minimum atomic E-state index is 0.248. The Labute approximate surface area is 85.2 Å². The van der Waals surface area contributed by atoms with Crippen LogP contribution >= 0.6 is 11.6 Å². The van der Waals surface area contributed by atoms with E-state index in [2.05, 4.69) is 10.1 Å². The molecule has 0 saturated carbocycles. The Balaban J connectivity index is 2.10. The number of hydrogen-bond acceptors (Lipinski definition) is 4. The number of furan rings is 1. The lowest BCUT2D eigenvalue weighted by Gasteiger charge is -1.80. The molecule has 0 aliphatic carbocycles. The number of halogens is 1. The zero-order valence-electron chi connectivity index (χ0n) is 7.18. The molecule has 2 aromatic heterocycles. The lowest BCUT2D eigenvalue weighted by atomic mass is 10.4. The zero-order valence-corrected chi connectivity index (χ0v) is 7.94. The molecule has 2 aromatic rings. The van der Waals surface area contributed by atoms with E-state index >= 15 is 0 Å². The second kappa shape index (κ2) is 4.11. The smallest absolute Gasteiger partial charge is 0.250 e. The van der Waals surface area contributed by atoms with Crippen molar-refractivity contribution in [3.8, 4) is 0 Å². The van der Waals surface area contributed by atoms with E-state index in [1.807, 2.05) is 6.07 Å². The number of alkyl halides is 1. The third-order valence-corrected chi connectivity index (χ3v) is 1.78. The van der Waals surface area contributed by atoms with Gasteiger partial charge >= 0.3 is 0 Å². The SMILES string of the molecule is ClCc1noc(/C=C/c2ccco2)n1. The van der Waals surface area contributed by atoms with Crippen LogP contribution in [-0.4, -0.2) is 10.1 Å². The maximum atomic E-state index is 5.51. The van der Waals surface area contributed by atoms with Crippen molar-refractivity contribution < 1.29 is 8.94 Å². The molecule has 2 heterocycles. The van der Waals surface area contributed by atoms with Crippen LogP contribution in [0.2, 0.25) is 0 Å². The second-order valence-corrected chi connectivity index (χ2v) is 2.80. The molecule has 0 N–H and O–H groups in total. The molecule has 72 valence electrons. The predicted molar refractivity (Wildman–Crippen MR) is 51.5 cm³/mol. The van der Waals surface area contributed by atoms with Crippen molar-refractivity contribution in [3.63, 3.8) is 0 Å². The van der Waals surface area contributed by atoms with Crippen LogP contribution in [0.25, 0.3) is 12.2 Å². The van der Waals surface area contributed by atoms with Gasteiger partial charge in [0.25, 0.3) is 5.89 Å². The molecule has 0 aliphatic rings. The van der Waals surface area contributed by atoms with E-state index in [4.69, 9.17) is 20.5 Å². The first-order chi connectivity index (χ1) is 6.88. The molecule has 5 heteroatoms. The van der Waals surface area contributed by atoms with Crippen LogP contribution in [-0.2, 0) is 5.88 Å². The Bertz CT molecular complexity index is 420. The van der Waals surface area contributed by atoms with Gasteiger partial charge in [-0.1, -0.05) is 5.16 Å². The summed E-state index contributed by atoms with van der Waals surface area (Å²) in [5, 5.41) is 3.63. The van der Waals surface area contributed by atoms with E-state index in [9.17, 15) is 0 Å². The fraction of sp³-hybridized carbons (Fsp3) is 0.111. The van der Waals surface area contributed by atoms with E-state index < -0.39 is 0 Å². The average Bonchev–Trinajstić information content (AvgIpc) is 2.86. The van der Waals surface area contributed by atoms with Crippen molar-refractivity contribution in [1.82, 2.24) is 10.1 Å². The highest BCUT2D eigenvalue weighted by molar-refractivity contribution is 6.16. The van der Waals surface area contributed by atoms with Gasteiger partial charge < -0.3 is 8.94 Å². The van der Waals surface area contributed by atoms with E-state index in [-0.39, 0.29) is 5.88 Å². The molecule has 4 nitrogen and oxygen atoms in total. The highest BCUT2D eigenvalue weighted by Crippen LogP contribution is 2.07. The molecule has 0 fully saturated rings. The van der Waals surface area contributed by atoms with Crippen LogP contribution in [0.5, 0.6) is 0 Å². The fourth-order valence-electron chi connectivity index (χ4n) is 0.929. The van der Waals surface area contributed by atoms with E-state index in [0.29, 0.717) is 11.7 Å². The molecule has 0 saturated heterocycles. The first-order valence-corrected chi connectivity index (χ1v) is 4.52. The maximum Gasteiger partial charge on any atom is 0.250 e. The monoisotopic (exact) mass is 210 g/mol. The van der Waals surface area contributed by atoms with E-state index in [0.717, 1.165) is 5.76 Å². The van der Waals surface area contributed by atoms with Crippen molar-refractivity contribution >= 4 is 23.8 Å². The molecule has 0 spiro atoms. The van der Waals surface area contributed by atoms with Gasteiger partial charge in [-0.2, -0.15) is 4.98 Å². The standard InChI is InChI=1S/C9H7ClN2O2/c10-6-8-11-9(14-12-8)4-3-7-2-1-5-13-7/h1-5H,6H2/b4-3+. The zero-order chi connectivity index (χ0) is 9.80. The van der Waals surface area contributed by atoms with Crippen LogP contribution in [0, 0.1) is 0 Å². The third-order valence-electron chi connectivity index (χ3n) is 1.54. The summed E-state index contributed by atoms with van der Waals surface area (Å²) in [5.41, 5.74) is 0. The fourth-order valence-corrected chi connectivity index (χ4v) is 1.04. The lowest BCUT2D eigenvalue weighted by Crippen LogP contribution is -1.78. The molecular formula is C9H7ClN2O2. The van der Waals surface area contributed by atoms with Gasteiger partial charge in [0.15, 0.2) is 5.82 Å². The summed E-state index contributed by atoms with van der Waals surface area (Å²) in [4.78, 5) is 3.99. The van der Waals surface area contributed by atoms with Crippen molar-refractivity contribution in [2.45, 2.75) is 5.88 Å². The lowest BCUT2D eigenvalue weighted by molar-refractivity contribution is 0.405. The molecule has 0 aliphatic heterocycles. The van der Waals surface area contributed by atoms with Crippen molar-refractivity contribution in [3.05, 3.63) is 35.9 Å². The van der Waals surface area contributed by atoms with Crippen molar-refractivity contribution in [1.29, 1.82) is 0 Å². The van der Waals surface area contributed by atoms with Gasteiger partial charge in [-0.25, -0.2) is 0 Å². The molecular weight excluding hydrogens is 204 g/mol. The molecule has 2 rings (SSSR count). The predicted octanol–water partition coefficient (Wildman–Crippen LogP) is 2.57. The summed E-state index contributed by atoms with van der Waals surface area (Å²) in [6.45, 7) is 0. The highest BCUT2D eigenvalue weighted by atomic mass is 35.5. The highest BCUT2D eigenvalue weighted by Gasteiger charge is 2.00. The van der Waals surface area contributed by atoms with Crippen molar-refractivity contribution in [2.75, 3.05) is 0 Å². The van der Waals surface area contributed by atoms with Gasteiger partial charge in [0.05, 0.1) is 12.1 Å². The Morgan fingerprint density at radius 3 is 3.00 bits per heavy atom. The summed E-state index contributed by atoms with van der Waals surface area (Å²) >= 11 is 5.51. The largest absolute Gasteiger partial charge is 0.465 e. The first kappa shape index (κ1) is 9.02. The number of nitrogens with zero attached hydrogens (tertiary/aromatic N) is 2. The van der Waals surface area contributed by atoms with Crippen LogP contribution in [0.1, 0.15) is 17.5 Å². The van der Waals surface area contributed by atoms with Crippen LogP contribution < -0.4 is 0 Å². The summed E-state index contributed by atoms with van der Waals surface area (Å²) in [6, 6.07) is 3.63. The molecule has 0 aromatic carbocycles. The second-order valence-electron chi connectivity index (χ2n) is 2.53. The van der Waals surface area contributed by atoms with Crippen LogP contribution in [0.4, 0.5) is 0 Å². The Morgan fingerprint density at radius 1 is 1.43 bits per heavy atom. The number of aromatic nitrogens is 2. The number of rotatable bonds is 3. The van der Waals surface area contributed by atoms with Crippen molar-refractivity contribution in [2.24, 2.45) is 0 Å². The van der Waals surface area contributed by atoms with Gasteiger partial charge in [-0.05, 0) is 18.2 Å². The quantitative estimate of drug-likeness (QED) is 0.731. The molecule has 0 radical (unpaired) electrons. The summed E-state index contributed by atoms with van der Waals surface area (Å²) in [5.74, 6) is 1.87. The van der Waals surface area contributed by atoms with E-state index in [1.54, 1.807) is 24.5 Å². The Morgan fingerprint density at radius 2 is 2.36 bits per heavy atom. The average molecular weight is 211 g/mol. The van der Waals surface area contributed by atoms with Crippen LogP contribution in [0.3, 0.4) is 0 Å². The Hall–Kier alpha value is -1.55. The molecule has 0 amide bonds. The molecule has 14 heavy (non-hydrogen) atoms. The summed E-state index contributed by atoms with van der Waals surface area (Å²) < 4.78 is 9.97. The molecule has 0 atom stereocenters. The van der Waals surface area contributed by atoms with Gasteiger partial charge in [0.2, 0.25) is 0 Å². The minimum Gasteiger partial charge on any atom is -0.465 e.